The van der Waals surface area contributed by atoms with Crippen LogP contribution >= 0.6 is 0 Å². The first kappa shape index (κ1) is 17.1. The van der Waals surface area contributed by atoms with Crippen LogP contribution in [0.5, 0.6) is 0 Å². The maximum Gasteiger partial charge on any atom is 0.335 e. The number of piperidine rings is 1. The molecule has 0 radical (unpaired) electrons. The zero-order valence-electron chi connectivity index (χ0n) is 14.4. The molecule has 2 heterocycles. The number of aryl methyl sites for hydroxylation is 1. The molecule has 0 saturated carbocycles. The van der Waals surface area contributed by atoms with E-state index in [2.05, 4.69) is 9.97 Å². The normalized spacial score (nSPS) is 17.4. The van der Waals surface area contributed by atoms with Crippen LogP contribution in [0.25, 0.3) is 11.3 Å². The second-order valence-electron chi connectivity index (χ2n) is 6.33. The Hall–Kier alpha value is -2.76. The van der Waals surface area contributed by atoms with Crippen molar-refractivity contribution in [3.63, 3.8) is 0 Å². The van der Waals surface area contributed by atoms with Crippen molar-refractivity contribution in [3.05, 3.63) is 47.4 Å². The Morgan fingerprint density at radius 1 is 1.16 bits per heavy atom. The van der Waals surface area contributed by atoms with Gasteiger partial charge in [-0.05, 0) is 44.4 Å². The maximum absolute atomic E-state index is 12.0. The molecule has 1 aromatic carbocycles. The molecule has 0 aliphatic carbocycles. The van der Waals surface area contributed by atoms with Gasteiger partial charge in [0.15, 0.2) is 0 Å². The Kier molecular flexibility index (Phi) is 4.79. The third-order valence-corrected chi connectivity index (χ3v) is 4.53. The highest BCUT2D eigenvalue weighted by Crippen LogP contribution is 2.31. The number of hydrogen-bond donors (Lipinski definition) is 1. The van der Waals surface area contributed by atoms with Gasteiger partial charge in [0.1, 0.15) is 5.82 Å². The number of aromatic nitrogens is 2. The van der Waals surface area contributed by atoms with E-state index in [0.717, 1.165) is 42.8 Å². The van der Waals surface area contributed by atoms with Gasteiger partial charge in [-0.15, -0.1) is 0 Å². The van der Waals surface area contributed by atoms with Gasteiger partial charge in [-0.2, -0.15) is 0 Å². The molecule has 1 saturated heterocycles. The molecule has 6 heteroatoms. The molecule has 2 aromatic rings. The lowest BCUT2D eigenvalue weighted by Crippen LogP contribution is -2.37. The summed E-state index contributed by atoms with van der Waals surface area (Å²) in [4.78, 5) is 33.9. The summed E-state index contributed by atoms with van der Waals surface area (Å²) in [7, 11) is 0. The number of carboxylic acid groups (broad SMARTS) is 1. The van der Waals surface area contributed by atoms with Crippen LogP contribution in [0.15, 0.2) is 30.3 Å². The van der Waals surface area contributed by atoms with Crippen molar-refractivity contribution in [1.82, 2.24) is 14.9 Å². The number of carbonyl (C=O) groups excluding carboxylic acids is 1. The van der Waals surface area contributed by atoms with Gasteiger partial charge in [0.05, 0.1) is 23.0 Å². The minimum Gasteiger partial charge on any atom is -0.478 e. The fourth-order valence-electron chi connectivity index (χ4n) is 3.31. The fourth-order valence-corrected chi connectivity index (χ4v) is 3.31. The number of hydrogen-bond acceptors (Lipinski definition) is 4. The highest BCUT2D eigenvalue weighted by Gasteiger charge is 2.27. The molecule has 1 amide bonds. The second-order valence-corrected chi connectivity index (χ2v) is 6.33. The fraction of sp³-hybridized carbons (Fsp3) is 0.368. The molecular weight excluding hydrogens is 318 g/mol. The van der Waals surface area contributed by atoms with E-state index in [1.165, 1.54) is 0 Å². The molecule has 3 rings (SSSR count). The Morgan fingerprint density at radius 2 is 1.88 bits per heavy atom. The van der Waals surface area contributed by atoms with Crippen molar-refractivity contribution in [1.29, 1.82) is 0 Å². The highest BCUT2D eigenvalue weighted by molar-refractivity contribution is 5.88. The van der Waals surface area contributed by atoms with Crippen LogP contribution in [0.3, 0.4) is 0 Å². The van der Waals surface area contributed by atoms with E-state index < -0.39 is 5.97 Å². The van der Waals surface area contributed by atoms with Crippen molar-refractivity contribution in [2.45, 2.75) is 39.2 Å². The molecule has 1 aliphatic heterocycles. The first-order valence-corrected chi connectivity index (χ1v) is 8.42. The predicted molar refractivity (Wildman–Crippen MR) is 93.1 cm³/mol. The van der Waals surface area contributed by atoms with Gasteiger partial charge in [0.25, 0.3) is 0 Å². The summed E-state index contributed by atoms with van der Waals surface area (Å²) in [6.45, 7) is 4.18. The van der Waals surface area contributed by atoms with E-state index in [1.54, 1.807) is 31.2 Å². The third-order valence-electron chi connectivity index (χ3n) is 4.53. The summed E-state index contributed by atoms with van der Waals surface area (Å²) in [6, 6.07) is 8.52. The molecule has 0 spiro atoms. The van der Waals surface area contributed by atoms with Crippen LogP contribution in [-0.2, 0) is 4.79 Å². The average Bonchev–Trinajstić information content (AvgIpc) is 2.61. The summed E-state index contributed by atoms with van der Waals surface area (Å²) >= 11 is 0. The molecule has 6 nitrogen and oxygen atoms in total. The molecule has 1 fully saturated rings. The Morgan fingerprint density at radius 3 is 2.52 bits per heavy atom. The van der Waals surface area contributed by atoms with Gasteiger partial charge in [-0.25, -0.2) is 14.8 Å². The molecule has 1 unspecified atom stereocenters. The van der Waals surface area contributed by atoms with Gasteiger partial charge in [-0.3, -0.25) is 4.79 Å². The van der Waals surface area contributed by atoms with Crippen molar-refractivity contribution >= 4 is 11.9 Å². The zero-order chi connectivity index (χ0) is 18.0. The highest BCUT2D eigenvalue weighted by atomic mass is 16.4. The van der Waals surface area contributed by atoms with E-state index in [-0.39, 0.29) is 17.5 Å². The minimum atomic E-state index is -0.953. The van der Waals surface area contributed by atoms with Crippen molar-refractivity contribution in [2.75, 3.05) is 6.54 Å². The van der Waals surface area contributed by atoms with E-state index in [0.29, 0.717) is 5.82 Å². The minimum absolute atomic E-state index is 0.0232. The lowest BCUT2D eigenvalue weighted by molar-refractivity contribution is -0.132. The number of aromatic carboxylic acids is 1. The largest absolute Gasteiger partial charge is 0.478 e. The average molecular weight is 339 g/mol. The van der Waals surface area contributed by atoms with Crippen LogP contribution in [0.4, 0.5) is 0 Å². The van der Waals surface area contributed by atoms with Gasteiger partial charge >= 0.3 is 5.97 Å². The van der Waals surface area contributed by atoms with Crippen LogP contribution in [0.2, 0.25) is 0 Å². The molecule has 1 atom stereocenters. The number of rotatable bonds is 3. The van der Waals surface area contributed by atoms with E-state index in [1.807, 2.05) is 17.9 Å². The first-order chi connectivity index (χ1) is 12.0. The summed E-state index contributed by atoms with van der Waals surface area (Å²) < 4.78 is 0. The Balaban J connectivity index is 1.97. The molecule has 1 aliphatic rings. The first-order valence-electron chi connectivity index (χ1n) is 8.42. The molecule has 25 heavy (non-hydrogen) atoms. The lowest BCUT2D eigenvalue weighted by Gasteiger charge is -2.34. The molecule has 1 N–H and O–H groups in total. The van der Waals surface area contributed by atoms with E-state index in [4.69, 9.17) is 5.11 Å². The van der Waals surface area contributed by atoms with Gasteiger partial charge in [0, 0.05) is 19.0 Å². The number of carbonyl (C=O) groups is 2. The van der Waals surface area contributed by atoms with Crippen molar-refractivity contribution in [3.8, 4) is 11.3 Å². The van der Waals surface area contributed by atoms with Crippen LogP contribution in [0, 0.1) is 6.92 Å². The van der Waals surface area contributed by atoms with Gasteiger partial charge in [0.2, 0.25) is 5.91 Å². The monoisotopic (exact) mass is 339 g/mol. The summed E-state index contributed by atoms with van der Waals surface area (Å²) in [5.74, 6) is -0.248. The summed E-state index contributed by atoms with van der Waals surface area (Å²) in [6.07, 6.45) is 2.98. The predicted octanol–water partition coefficient (Wildman–Crippen LogP) is 3.22. The molecular formula is C19H21N3O3. The summed E-state index contributed by atoms with van der Waals surface area (Å²) in [5, 5.41) is 9.02. The van der Waals surface area contributed by atoms with Crippen molar-refractivity contribution < 1.29 is 14.7 Å². The van der Waals surface area contributed by atoms with Crippen molar-refractivity contribution in [2.24, 2.45) is 0 Å². The van der Waals surface area contributed by atoms with Crippen LogP contribution in [0.1, 0.15) is 54.1 Å². The zero-order valence-corrected chi connectivity index (χ0v) is 14.4. The van der Waals surface area contributed by atoms with E-state index in [9.17, 15) is 9.59 Å². The quantitative estimate of drug-likeness (QED) is 0.928. The molecule has 130 valence electrons. The topological polar surface area (TPSA) is 83.4 Å². The van der Waals surface area contributed by atoms with Gasteiger partial charge < -0.3 is 10.0 Å². The summed E-state index contributed by atoms with van der Waals surface area (Å²) in [5.41, 5.74) is 2.67. The number of likely N-dealkylation sites (tertiary alicyclic amines) is 1. The SMILES string of the molecule is CC(=O)N1CCCCC1c1cc(-c2ccc(C(=O)O)cc2)nc(C)n1. The van der Waals surface area contributed by atoms with Gasteiger partial charge in [-0.1, -0.05) is 12.1 Å². The smallest absolute Gasteiger partial charge is 0.335 e. The number of benzene rings is 1. The maximum atomic E-state index is 12.0. The van der Waals surface area contributed by atoms with Crippen LogP contribution in [-0.4, -0.2) is 38.4 Å². The second kappa shape index (κ2) is 7.01. The molecule has 0 bridgehead atoms. The Bertz CT molecular complexity index is 802. The number of carboxylic acids is 1. The lowest BCUT2D eigenvalue weighted by atomic mass is 9.97. The standard InChI is InChI=1S/C19H21N3O3/c1-12-20-16(14-6-8-15(9-7-14)19(24)25)11-17(21-12)18-5-3-4-10-22(18)13(2)23/h6-9,11,18H,3-5,10H2,1-2H3,(H,24,25). The number of amides is 1. The van der Waals surface area contributed by atoms with E-state index >= 15 is 0 Å². The third kappa shape index (κ3) is 3.68. The van der Waals surface area contributed by atoms with Crippen LogP contribution < -0.4 is 0 Å². The Labute approximate surface area is 146 Å². The number of nitrogens with zero attached hydrogens (tertiary/aromatic N) is 3. The molecule has 1 aromatic heterocycles.